The quantitative estimate of drug-likeness (QED) is 0.634. The first-order valence-electron chi connectivity index (χ1n) is 4.75. The van der Waals surface area contributed by atoms with Crippen molar-refractivity contribution >= 4 is 33.6 Å². The van der Waals surface area contributed by atoms with Crippen molar-refractivity contribution in [3.8, 4) is 5.75 Å². The van der Waals surface area contributed by atoms with Gasteiger partial charge >= 0.3 is 0 Å². The van der Waals surface area contributed by atoms with Crippen molar-refractivity contribution in [3.05, 3.63) is 27.2 Å². The molecule has 0 amide bonds. The van der Waals surface area contributed by atoms with Crippen LogP contribution in [0.25, 0.3) is 0 Å². The molecule has 84 valence electrons. The van der Waals surface area contributed by atoms with Crippen LogP contribution in [0.5, 0.6) is 5.75 Å². The Labute approximate surface area is 107 Å². The van der Waals surface area contributed by atoms with Gasteiger partial charge in [0.25, 0.3) is 0 Å². The van der Waals surface area contributed by atoms with E-state index in [1.807, 2.05) is 6.07 Å². The normalized spacial score (nSPS) is 16.4. The molecule has 1 aliphatic carbocycles. The second-order valence-corrected chi connectivity index (χ2v) is 4.93. The Balaban J connectivity index is 2.56. The first-order valence-corrected chi connectivity index (χ1v) is 5.92. The van der Waals surface area contributed by atoms with Crippen LogP contribution in [-0.4, -0.2) is 13.2 Å². The highest BCUT2D eigenvalue weighted by molar-refractivity contribution is 9.10. The Morgan fingerprint density at radius 3 is 2.75 bits per heavy atom. The summed E-state index contributed by atoms with van der Waals surface area (Å²) < 4.78 is 6.00. The summed E-state index contributed by atoms with van der Waals surface area (Å²) >= 11 is 9.44. The molecular weight excluding hydrogens is 293 g/mol. The molecule has 5 heteroatoms. The highest BCUT2D eigenvalue weighted by Crippen LogP contribution is 2.53. The van der Waals surface area contributed by atoms with E-state index in [0.29, 0.717) is 10.8 Å². The zero-order chi connectivity index (χ0) is 11.8. The maximum absolute atomic E-state index is 10.4. The zero-order valence-electron chi connectivity index (χ0n) is 8.59. The molecule has 2 rings (SSSR count). The lowest BCUT2D eigenvalue weighted by atomic mass is 10.1. The summed E-state index contributed by atoms with van der Waals surface area (Å²) in [5.74, 6) is 0.648. The molecule has 1 aromatic rings. The van der Waals surface area contributed by atoms with E-state index in [-0.39, 0.29) is 0 Å². The van der Waals surface area contributed by atoms with E-state index in [1.54, 1.807) is 19.3 Å². The van der Waals surface area contributed by atoms with E-state index in [1.165, 1.54) is 0 Å². The Bertz CT molecular complexity index is 479. The van der Waals surface area contributed by atoms with Crippen LogP contribution < -0.4 is 4.74 Å². The minimum absolute atomic E-state index is 0.446. The molecule has 1 saturated carbocycles. The van der Waals surface area contributed by atoms with Gasteiger partial charge in [-0.2, -0.15) is 4.99 Å². The van der Waals surface area contributed by atoms with Gasteiger partial charge in [0.15, 0.2) is 0 Å². The van der Waals surface area contributed by atoms with Gasteiger partial charge in [-0.3, -0.25) is 0 Å². The van der Waals surface area contributed by atoms with Crippen LogP contribution in [-0.2, 0) is 10.3 Å². The molecule has 3 nitrogen and oxygen atoms in total. The third kappa shape index (κ3) is 1.88. The Morgan fingerprint density at radius 1 is 1.56 bits per heavy atom. The predicted octanol–water partition coefficient (Wildman–Crippen LogP) is 3.44. The largest absolute Gasteiger partial charge is 0.496 e. The number of hydrogen-bond acceptors (Lipinski definition) is 3. The highest BCUT2D eigenvalue weighted by atomic mass is 79.9. The van der Waals surface area contributed by atoms with Gasteiger partial charge in [-0.15, -0.1) is 0 Å². The van der Waals surface area contributed by atoms with Gasteiger partial charge < -0.3 is 4.74 Å². The number of methoxy groups -OCH3 is 1. The minimum atomic E-state index is -0.446. The Morgan fingerprint density at radius 2 is 2.25 bits per heavy atom. The molecule has 0 saturated heterocycles. The lowest BCUT2D eigenvalue weighted by Gasteiger charge is -2.14. The molecule has 0 radical (unpaired) electrons. The van der Waals surface area contributed by atoms with Crippen LogP contribution in [0.1, 0.15) is 18.4 Å². The first-order chi connectivity index (χ1) is 7.63. The molecule has 1 aliphatic rings. The van der Waals surface area contributed by atoms with Crippen molar-refractivity contribution in [2.45, 2.75) is 18.4 Å². The van der Waals surface area contributed by atoms with Gasteiger partial charge in [-0.1, -0.05) is 11.6 Å². The van der Waals surface area contributed by atoms with Crippen LogP contribution in [0, 0.1) is 0 Å². The first kappa shape index (κ1) is 11.6. The molecule has 0 aliphatic heterocycles. The van der Waals surface area contributed by atoms with Crippen molar-refractivity contribution in [2.24, 2.45) is 4.99 Å². The van der Waals surface area contributed by atoms with Crippen molar-refractivity contribution < 1.29 is 9.53 Å². The Hall–Kier alpha value is -0.830. The summed E-state index contributed by atoms with van der Waals surface area (Å²) in [5.41, 5.74) is 0.443. The number of ether oxygens (including phenoxy) is 1. The van der Waals surface area contributed by atoms with Crippen molar-refractivity contribution in [1.29, 1.82) is 0 Å². The molecule has 0 N–H and O–H groups in total. The van der Waals surface area contributed by atoms with Gasteiger partial charge in [0, 0.05) is 5.02 Å². The number of benzene rings is 1. The smallest absolute Gasteiger partial charge is 0.235 e. The van der Waals surface area contributed by atoms with Crippen LogP contribution in [0.4, 0.5) is 0 Å². The third-order valence-corrected chi connectivity index (χ3v) is 3.74. The monoisotopic (exact) mass is 301 g/mol. The molecule has 0 aromatic heterocycles. The molecule has 0 unspecified atom stereocenters. The standard InChI is InChI=1S/C11H9BrClNO2/c1-16-9-5-7(13)4-8(10(9)12)11(2-3-11)14-6-15/h4-5H,2-3H2,1H3. The lowest BCUT2D eigenvalue weighted by molar-refractivity contribution is 0.410. The topological polar surface area (TPSA) is 38.7 Å². The molecule has 1 aromatic carbocycles. The average molecular weight is 303 g/mol. The summed E-state index contributed by atoms with van der Waals surface area (Å²) in [5, 5.41) is 0.572. The van der Waals surface area contributed by atoms with E-state index in [4.69, 9.17) is 16.3 Å². The van der Waals surface area contributed by atoms with E-state index in [0.717, 1.165) is 22.9 Å². The zero-order valence-corrected chi connectivity index (χ0v) is 10.9. The number of halogens is 2. The van der Waals surface area contributed by atoms with Crippen LogP contribution >= 0.6 is 27.5 Å². The highest BCUT2D eigenvalue weighted by Gasteiger charge is 2.46. The summed E-state index contributed by atoms with van der Waals surface area (Å²) in [7, 11) is 1.57. The van der Waals surface area contributed by atoms with E-state index < -0.39 is 5.54 Å². The fourth-order valence-corrected chi connectivity index (χ4v) is 2.67. The van der Waals surface area contributed by atoms with Gasteiger partial charge in [0.05, 0.1) is 17.1 Å². The molecule has 0 spiro atoms. The predicted molar refractivity (Wildman–Crippen MR) is 64.7 cm³/mol. The summed E-state index contributed by atoms with van der Waals surface area (Å²) in [6.45, 7) is 0. The van der Waals surface area contributed by atoms with Crippen LogP contribution in [0.3, 0.4) is 0 Å². The maximum atomic E-state index is 10.4. The van der Waals surface area contributed by atoms with Gasteiger partial charge in [0.2, 0.25) is 6.08 Å². The van der Waals surface area contributed by atoms with E-state index in [9.17, 15) is 4.79 Å². The number of hydrogen-bond donors (Lipinski definition) is 0. The van der Waals surface area contributed by atoms with E-state index >= 15 is 0 Å². The summed E-state index contributed by atoms with van der Waals surface area (Å²) in [4.78, 5) is 14.3. The van der Waals surface area contributed by atoms with E-state index in [2.05, 4.69) is 20.9 Å². The number of aliphatic imine (C=N–C) groups is 1. The molecule has 0 bridgehead atoms. The number of isocyanates is 1. The number of carbonyl (C=O) groups excluding carboxylic acids is 1. The maximum Gasteiger partial charge on any atom is 0.235 e. The third-order valence-electron chi connectivity index (χ3n) is 2.71. The molecule has 0 heterocycles. The molecular formula is C11H9BrClNO2. The second-order valence-electron chi connectivity index (χ2n) is 3.70. The second kappa shape index (κ2) is 4.21. The summed E-state index contributed by atoms with van der Waals surface area (Å²) in [6.07, 6.45) is 3.30. The molecule has 1 fully saturated rings. The molecule has 0 atom stereocenters. The fourth-order valence-electron chi connectivity index (χ4n) is 1.70. The van der Waals surface area contributed by atoms with Crippen molar-refractivity contribution in [1.82, 2.24) is 0 Å². The SMILES string of the molecule is COc1cc(Cl)cc(C2(N=C=O)CC2)c1Br. The van der Waals surface area contributed by atoms with Gasteiger partial charge in [-0.05, 0) is 46.5 Å². The fraction of sp³-hybridized carbons (Fsp3) is 0.364. The average Bonchev–Trinajstić information content (AvgIpc) is 3.02. The van der Waals surface area contributed by atoms with Gasteiger partial charge in [-0.25, -0.2) is 4.79 Å². The summed E-state index contributed by atoms with van der Waals surface area (Å²) in [6, 6.07) is 3.53. The minimum Gasteiger partial charge on any atom is -0.496 e. The van der Waals surface area contributed by atoms with Crippen molar-refractivity contribution in [3.63, 3.8) is 0 Å². The van der Waals surface area contributed by atoms with Crippen LogP contribution in [0.15, 0.2) is 21.6 Å². The number of nitrogens with zero attached hydrogens (tertiary/aromatic N) is 1. The van der Waals surface area contributed by atoms with Crippen molar-refractivity contribution in [2.75, 3.05) is 7.11 Å². The number of rotatable bonds is 3. The van der Waals surface area contributed by atoms with Crippen LogP contribution in [0.2, 0.25) is 5.02 Å². The lowest BCUT2D eigenvalue weighted by Crippen LogP contribution is -2.04. The van der Waals surface area contributed by atoms with Gasteiger partial charge in [0.1, 0.15) is 5.75 Å². The molecule has 16 heavy (non-hydrogen) atoms. The Kier molecular flexibility index (Phi) is 3.06.